The summed E-state index contributed by atoms with van der Waals surface area (Å²) in [6.07, 6.45) is 1.27. The second-order valence-electron chi connectivity index (χ2n) is 3.50. The molecule has 2 unspecified atom stereocenters. The lowest BCUT2D eigenvalue weighted by Crippen LogP contribution is -2.44. The maximum atomic E-state index is 9.44. The van der Waals surface area contributed by atoms with Crippen LogP contribution < -0.4 is 5.32 Å². The lowest BCUT2D eigenvalue weighted by atomic mass is 10.1. The number of rotatable bonds is 6. The number of nitrogens with one attached hydrogen (secondary N) is 1. The standard InChI is InChI=1S/C9H18N2O2/c1-3-8(4-5-10)11-6-9(2,13)7-12/h8,11-13H,3-4,6-7H2,1-2H3. The first-order valence-corrected chi connectivity index (χ1v) is 4.49. The van der Waals surface area contributed by atoms with Crippen molar-refractivity contribution in [3.8, 4) is 6.07 Å². The SMILES string of the molecule is CCC(CC#N)NCC(C)(O)CO. The topological polar surface area (TPSA) is 76.3 Å². The smallest absolute Gasteiger partial charge is 0.0972 e. The van der Waals surface area contributed by atoms with Crippen molar-refractivity contribution in [2.24, 2.45) is 0 Å². The molecule has 76 valence electrons. The van der Waals surface area contributed by atoms with E-state index in [0.29, 0.717) is 13.0 Å². The summed E-state index contributed by atoms with van der Waals surface area (Å²) < 4.78 is 0. The molecule has 0 fully saturated rings. The highest BCUT2D eigenvalue weighted by Gasteiger charge is 2.19. The van der Waals surface area contributed by atoms with E-state index in [1.165, 1.54) is 0 Å². The monoisotopic (exact) mass is 186 g/mol. The summed E-state index contributed by atoms with van der Waals surface area (Å²) in [7, 11) is 0. The second kappa shape index (κ2) is 5.92. The van der Waals surface area contributed by atoms with Gasteiger partial charge in [0.15, 0.2) is 0 Å². The Hall–Kier alpha value is -0.630. The van der Waals surface area contributed by atoms with Crippen LogP contribution in [0, 0.1) is 11.3 Å². The van der Waals surface area contributed by atoms with Gasteiger partial charge in [0.25, 0.3) is 0 Å². The third-order valence-electron chi connectivity index (χ3n) is 1.94. The zero-order valence-corrected chi connectivity index (χ0v) is 8.25. The molecule has 0 aliphatic rings. The highest BCUT2D eigenvalue weighted by Crippen LogP contribution is 2.02. The van der Waals surface area contributed by atoms with Crippen molar-refractivity contribution in [3.05, 3.63) is 0 Å². The highest BCUT2D eigenvalue weighted by atomic mass is 16.3. The number of hydrogen-bond donors (Lipinski definition) is 3. The van der Waals surface area contributed by atoms with E-state index in [1.54, 1.807) is 6.92 Å². The highest BCUT2D eigenvalue weighted by molar-refractivity contribution is 4.83. The summed E-state index contributed by atoms with van der Waals surface area (Å²) in [6, 6.07) is 2.17. The number of aliphatic hydroxyl groups excluding tert-OH is 1. The minimum absolute atomic E-state index is 0.100. The second-order valence-corrected chi connectivity index (χ2v) is 3.50. The third-order valence-corrected chi connectivity index (χ3v) is 1.94. The minimum Gasteiger partial charge on any atom is -0.393 e. The molecule has 2 atom stereocenters. The summed E-state index contributed by atoms with van der Waals surface area (Å²) in [6.45, 7) is 3.56. The first kappa shape index (κ1) is 12.4. The van der Waals surface area contributed by atoms with Gasteiger partial charge in [-0.1, -0.05) is 6.92 Å². The zero-order chi connectivity index (χ0) is 10.3. The Labute approximate surface area is 79.2 Å². The lowest BCUT2D eigenvalue weighted by Gasteiger charge is -2.23. The molecule has 13 heavy (non-hydrogen) atoms. The average molecular weight is 186 g/mol. The lowest BCUT2D eigenvalue weighted by molar-refractivity contribution is 0.000749. The predicted molar refractivity (Wildman–Crippen MR) is 50.0 cm³/mol. The van der Waals surface area contributed by atoms with Gasteiger partial charge < -0.3 is 15.5 Å². The van der Waals surface area contributed by atoms with Crippen LogP contribution in [-0.2, 0) is 0 Å². The van der Waals surface area contributed by atoms with E-state index in [9.17, 15) is 5.11 Å². The number of hydrogen-bond acceptors (Lipinski definition) is 4. The van der Waals surface area contributed by atoms with Gasteiger partial charge in [-0.15, -0.1) is 0 Å². The average Bonchev–Trinajstić information content (AvgIpc) is 2.12. The summed E-state index contributed by atoms with van der Waals surface area (Å²) in [5.74, 6) is 0. The molecular formula is C9H18N2O2. The maximum absolute atomic E-state index is 9.44. The Balaban J connectivity index is 3.78. The van der Waals surface area contributed by atoms with Gasteiger partial charge >= 0.3 is 0 Å². The van der Waals surface area contributed by atoms with Crippen LogP contribution in [-0.4, -0.2) is 35.0 Å². The van der Waals surface area contributed by atoms with Gasteiger partial charge in [0.05, 0.1) is 24.7 Å². The third kappa shape index (κ3) is 5.58. The van der Waals surface area contributed by atoms with Crippen LogP contribution in [0.5, 0.6) is 0 Å². The quantitative estimate of drug-likeness (QED) is 0.546. The number of aliphatic hydroxyl groups is 2. The Morgan fingerprint density at radius 2 is 2.23 bits per heavy atom. The van der Waals surface area contributed by atoms with Gasteiger partial charge in [0, 0.05) is 12.6 Å². The van der Waals surface area contributed by atoms with E-state index in [1.807, 2.05) is 6.92 Å². The summed E-state index contributed by atoms with van der Waals surface area (Å²) >= 11 is 0. The minimum atomic E-state index is -1.09. The number of nitrogens with zero attached hydrogens (tertiary/aromatic N) is 1. The predicted octanol–water partition coefficient (Wildman–Crippen LogP) is 0.0116. The molecule has 0 spiro atoms. The fraction of sp³-hybridized carbons (Fsp3) is 0.889. The van der Waals surface area contributed by atoms with Crippen molar-refractivity contribution in [1.29, 1.82) is 5.26 Å². The van der Waals surface area contributed by atoms with E-state index in [-0.39, 0.29) is 12.6 Å². The van der Waals surface area contributed by atoms with Gasteiger partial charge in [-0.2, -0.15) is 5.26 Å². The van der Waals surface area contributed by atoms with Crippen LogP contribution in [0.3, 0.4) is 0 Å². The Bertz CT molecular complexity index is 175. The Morgan fingerprint density at radius 1 is 1.62 bits per heavy atom. The molecule has 0 rings (SSSR count). The van der Waals surface area contributed by atoms with E-state index >= 15 is 0 Å². The molecule has 4 nitrogen and oxygen atoms in total. The van der Waals surface area contributed by atoms with Gasteiger partial charge in [-0.3, -0.25) is 0 Å². The molecule has 0 heterocycles. The van der Waals surface area contributed by atoms with Crippen molar-refractivity contribution < 1.29 is 10.2 Å². The van der Waals surface area contributed by atoms with Crippen molar-refractivity contribution >= 4 is 0 Å². The fourth-order valence-corrected chi connectivity index (χ4v) is 0.891. The molecule has 4 heteroatoms. The zero-order valence-electron chi connectivity index (χ0n) is 8.25. The van der Waals surface area contributed by atoms with Crippen LogP contribution in [0.25, 0.3) is 0 Å². The van der Waals surface area contributed by atoms with Gasteiger partial charge in [-0.25, -0.2) is 0 Å². The molecule has 3 N–H and O–H groups in total. The number of nitriles is 1. The van der Waals surface area contributed by atoms with Crippen molar-refractivity contribution in [3.63, 3.8) is 0 Å². The largest absolute Gasteiger partial charge is 0.393 e. The van der Waals surface area contributed by atoms with Crippen LogP contribution in [0.1, 0.15) is 26.7 Å². The van der Waals surface area contributed by atoms with E-state index in [4.69, 9.17) is 10.4 Å². The van der Waals surface area contributed by atoms with E-state index in [0.717, 1.165) is 6.42 Å². The molecule has 0 aliphatic heterocycles. The molecule has 0 radical (unpaired) electrons. The summed E-state index contributed by atoms with van der Waals surface area (Å²) in [4.78, 5) is 0. The van der Waals surface area contributed by atoms with E-state index < -0.39 is 5.60 Å². The van der Waals surface area contributed by atoms with Crippen LogP contribution in [0.4, 0.5) is 0 Å². The molecule has 0 aliphatic carbocycles. The molecule has 0 amide bonds. The van der Waals surface area contributed by atoms with Gasteiger partial charge in [0.1, 0.15) is 0 Å². The van der Waals surface area contributed by atoms with Crippen molar-refractivity contribution in [2.45, 2.75) is 38.3 Å². The summed E-state index contributed by atoms with van der Waals surface area (Å²) in [5, 5.41) is 29.7. The van der Waals surface area contributed by atoms with Crippen LogP contribution >= 0.6 is 0 Å². The molecule has 0 bridgehead atoms. The van der Waals surface area contributed by atoms with Crippen molar-refractivity contribution in [2.75, 3.05) is 13.2 Å². The first-order chi connectivity index (χ1) is 6.05. The maximum Gasteiger partial charge on any atom is 0.0972 e. The van der Waals surface area contributed by atoms with Crippen molar-refractivity contribution in [1.82, 2.24) is 5.32 Å². The molecule has 0 aromatic rings. The Kier molecular flexibility index (Phi) is 5.63. The molecule has 0 saturated carbocycles. The van der Waals surface area contributed by atoms with Crippen LogP contribution in [0.2, 0.25) is 0 Å². The molecular weight excluding hydrogens is 168 g/mol. The molecule has 0 aromatic heterocycles. The Morgan fingerprint density at radius 3 is 2.62 bits per heavy atom. The fourth-order valence-electron chi connectivity index (χ4n) is 0.891. The normalized spacial score (nSPS) is 17.5. The summed E-state index contributed by atoms with van der Waals surface area (Å²) in [5.41, 5.74) is -1.09. The van der Waals surface area contributed by atoms with Gasteiger partial charge in [0.2, 0.25) is 0 Å². The van der Waals surface area contributed by atoms with Gasteiger partial charge in [-0.05, 0) is 13.3 Å². The van der Waals surface area contributed by atoms with E-state index in [2.05, 4.69) is 11.4 Å². The van der Waals surface area contributed by atoms with Crippen LogP contribution in [0.15, 0.2) is 0 Å². The first-order valence-electron chi connectivity index (χ1n) is 4.49. The molecule has 0 saturated heterocycles. The molecule has 0 aromatic carbocycles.